The van der Waals surface area contributed by atoms with E-state index in [1.54, 1.807) is 12.8 Å². The van der Waals surface area contributed by atoms with Gasteiger partial charge in [-0.25, -0.2) is 0 Å². The van der Waals surface area contributed by atoms with Crippen LogP contribution in [0.2, 0.25) is 0 Å². The molecule has 1 atom stereocenters. The average Bonchev–Trinajstić information content (AvgIpc) is 2.20. The van der Waals surface area contributed by atoms with Gasteiger partial charge >= 0.3 is 0 Å². The first-order chi connectivity index (χ1) is 7.31. The molecule has 0 heterocycles. The standard InChI is InChI=1S/C15H30/c1-4-7-9-13-11-15(12-13)14(6-3)10-8-5-2/h13-15H,4-12H2,1-3H3. The summed E-state index contributed by atoms with van der Waals surface area (Å²) in [7, 11) is 0. The van der Waals surface area contributed by atoms with Crippen LogP contribution in [0, 0.1) is 17.8 Å². The van der Waals surface area contributed by atoms with Gasteiger partial charge in [-0.1, -0.05) is 65.7 Å². The van der Waals surface area contributed by atoms with Crippen LogP contribution in [-0.2, 0) is 0 Å². The van der Waals surface area contributed by atoms with Crippen molar-refractivity contribution in [2.24, 2.45) is 17.8 Å². The van der Waals surface area contributed by atoms with Gasteiger partial charge in [0.1, 0.15) is 0 Å². The molecule has 0 aromatic carbocycles. The lowest BCUT2D eigenvalue weighted by Crippen LogP contribution is -2.30. The highest BCUT2D eigenvalue weighted by Crippen LogP contribution is 2.44. The molecule has 90 valence electrons. The van der Waals surface area contributed by atoms with Crippen molar-refractivity contribution in [3.8, 4) is 0 Å². The average molecular weight is 210 g/mol. The topological polar surface area (TPSA) is 0 Å². The van der Waals surface area contributed by atoms with E-state index in [1.807, 2.05) is 0 Å². The van der Waals surface area contributed by atoms with Crippen LogP contribution in [0.25, 0.3) is 0 Å². The third-order valence-corrected chi connectivity index (χ3v) is 4.36. The molecule has 1 saturated carbocycles. The number of unbranched alkanes of at least 4 members (excludes halogenated alkanes) is 2. The predicted octanol–water partition coefficient (Wildman–Crippen LogP) is 5.42. The molecular formula is C15H30. The van der Waals surface area contributed by atoms with E-state index < -0.39 is 0 Å². The molecule has 0 bridgehead atoms. The predicted molar refractivity (Wildman–Crippen MR) is 69.0 cm³/mol. The molecule has 1 fully saturated rings. The third-order valence-electron chi connectivity index (χ3n) is 4.36. The van der Waals surface area contributed by atoms with E-state index in [9.17, 15) is 0 Å². The normalized spacial score (nSPS) is 27.4. The Kier molecular flexibility index (Phi) is 6.36. The molecule has 0 aromatic heterocycles. The Morgan fingerprint density at radius 3 is 2.20 bits per heavy atom. The maximum absolute atomic E-state index is 2.39. The van der Waals surface area contributed by atoms with Gasteiger partial charge in [-0.05, 0) is 30.6 Å². The van der Waals surface area contributed by atoms with Gasteiger partial charge in [0.15, 0.2) is 0 Å². The minimum atomic E-state index is 1.06. The lowest BCUT2D eigenvalue weighted by Gasteiger charge is -2.40. The van der Waals surface area contributed by atoms with Gasteiger partial charge in [-0.15, -0.1) is 0 Å². The largest absolute Gasteiger partial charge is 0.0654 e. The lowest BCUT2D eigenvalue weighted by molar-refractivity contribution is 0.105. The summed E-state index contributed by atoms with van der Waals surface area (Å²) in [6.45, 7) is 7.02. The molecule has 0 N–H and O–H groups in total. The van der Waals surface area contributed by atoms with Crippen LogP contribution in [0.4, 0.5) is 0 Å². The van der Waals surface area contributed by atoms with Crippen molar-refractivity contribution in [3.63, 3.8) is 0 Å². The zero-order chi connectivity index (χ0) is 11.1. The quantitative estimate of drug-likeness (QED) is 0.502. The molecule has 0 aromatic rings. The van der Waals surface area contributed by atoms with E-state index in [0.29, 0.717) is 0 Å². The monoisotopic (exact) mass is 210 g/mol. The molecule has 1 rings (SSSR count). The third kappa shape index (κ3) is 4.17. The molecule has 0 nitrogen and oxygen atoms in total. The summed E-state index contributed by atoms with van der Waals surface area (Å²) < 4.78 is 0. The van der Waals surface area contributed by atoms with Crippen molar-refractivity contribution >= 4 is 0 Å². The zero-order valence-corrected chi connectivity index (χ0v) is 11.1. The molecule has 1 unspecified atom stereocenters. The van der Waals surface area contributed by atoms with Crippen molar-refractivity contribution < 1.29 is 0 Å². The summed E-state index contributed by atoms with van der Waals surface area (Å²) >= 11 is 0. The highest BCUT2D eigenvalue weighted by molar-refractivity contribution is 4.83. The molecule has 1 aliphatic carbocycles. The maximum atomic E-state index is 2.39. The first kappa shape index (κ1) is 13.1. The van der Waals surface area contributed by atoms with Gasteiger partial charge in [0, 0.05) is 0 Å². The Bertz CT molecular complexity index is 144. The zero-order valence-electron chi connectivity index (χ0n) is 11.1. The van der Waals surface area contributed by atoms with Gasteiger partial charge in [0.2, 0.25) is 0 Å². The highest BCUT2D eigenvalue weighted by Gasteiger charge is 2.32. The molecule has 15 heavy (non-hydrogen) atoms. The van der Waals surface area contributed by atoms with Crippen LogP contribution < -0.4 is 0 Å². The van der Waals surface area contributed by atoms with Crippen LogP contribution in [0.1, 0.15) is 78.6 Å². The molecule has 0 aliphatic heterocycles. The summed E-state index contributed by atoms with van der Waals surface area (Å²) in [4.78, 5) is 0. The van der Waals surface area contributed by atoms with Crippen LogP contribution in [0.15, 0.2) is 0 Å². The van der Waals surface area contributed by atoms with Crippen molar-refractivity contribution in [2.75, 3.05) is 0 Å². The molecular weight excluding hydrogens is 180 g/mol. The van der Waals surface area contributed by atoms with Gasteiger partial charge < -0.3 is 0 Å². The van der Waals surface area contributed by atoms with E-state index in [4.69, 9.17) is 0 Å². The van der Waals surface area contributed by atoms with Crippen LogP contribution in [0.3, 0.4) is 0 Å². The van der Waals surface area contributed by atoms with Gasteiger partial charge in [-0.3, -0.25) is 0 Å². The van der Waals surface area contributed by atoms with Crippen LogP contribution >= 0.6 is 0 Å². The first-order valence-electron chi connectivity index (χ1n) is 7.31. The summed E-state index contributed by atoms with van der Waals surface area (Å²) in [6, 6.07) is 0. The van der Waals surface area contributed by atoms with Gasteiger partial charge in [0.05, 0.1) is 0 Å². The van der Waals surface area contributed by atoms with E-state index in [0.717, 1.165) is 17.8 Å². The molecule has 0 saturated heterocycles. The second-order valence-electron chi connectivity index (χ2n) is 5.55. The Labute approximate surface area is 96.8 Å². The minimum absolute atomic E-state index is 1.06. The Balaban J connectivity index is 2.11. The number of hydrogen-bond acceptors (Lipinski definition) is 0. The van der Waals surface area contributed by atoms with Crippen molar-refractivity contribution in [1.29, 1.82) is 0 Å². The summed E-state index contributed by atoms with van der Waals surface area (Å²) in [5.41, 5.74) is 0. The Morgan fingerprint density at radius 1 is 1.00 bits per heavy atom. The molecule has 0 radical (unpaired) electrons. The fourth-order valence-electron chi connectivity index (χ4n) is 3.14. The minimum Gasteiger partial charge on any atom is -0.0654 e. The smallest absolute Gasteiger partial charge is 0.0381 e. The fourth-order valence-corrected chi connectivity index (χ4v) is 3.14. The van der Waals surface area contributed by atoms with E-state index in [2.05, 4.69) is 20.8 Å². The van der Waals surface area contributed by atoms with Crippen LogP contribution in [-0.4, -0.2) is 0 Å². The Hall–Kier alpha value is 0. The molecule has 0 spiro atoms. The maximum Gasteiger partial charge on any atom is -0.0381 e. The molecule has 1 aliphatic rings. The lowest BCUT2D eigenvalue weighted by atomic mass is 9.65. The fraction of sp³-hybridized carbons (Fsp3) is 1.00. The second-order valence-corrected chi connectivity index (χ2v) is 5.55. The van der Waals surface area contributed by atoms with E-state index in [-0.39, 0.29) is 0 Å². The number of rotatable bonds is 8. The van der Waals surface area contributed by atoms with E-state index >= 15 is 0 Å². The summed E-state index contributed by atoms with van der Waals surface area (Å²) in [6.07, 6.45) is 13.2. The second kappa shape index (κ2) is 7.30. The van der Waals surface area contributed by atoms with Crippen molar-refractivity contribution in [1.82, 2.24) is 0 Å². The van der Waals surface area contributed by atoms with Gasteiger partial charge in [-0.2, -0.15) is 0 Å². The SMILES string of the molecule is CCCCC1CC(C(CC)CCCC)C1. The number of hydrogen-bond donors (Lipinski definition) is 0. The van der Waals surface area contributed by atoms with Crippen LogP contribution in [0.5, 0.6) is 0 Å². The van der Waals surface area contributed by atoms with Crippen molar-refractivity contribution in [3.05, 3.63) is 0 Å². The summed E-state index contributed by atoms with van der Waals surface area (Å²) in [5, 5.41) is 0. The van der Waals surface area contributed by atoms with Crippen molar-refractivity contribution in [2.45, 2.75) is 78.6 Å². The molecule has 0 amide bonds. The highest BCUT2D eigenvalue weighted by atomic mass is 14.4. The first-order valence-corrected chi connectivity index (χ1v) is 7.31. The van der Waals surface area contributed by atoms with Gasteiger partial charge in [0.25, 0.3) is 0 Å². The molecule has 0 heteroatoms. The van der Waals surface area contributed by atoms with E-state index in [1.165, 1.54) is 44.9 Å². The summed E-state index contributed by atoms with van der Waals surface area (Å²) in [5.74, 6) is 3.26. The Morgan fingerprint density at radius 2 is 1.67 bits per heavy atom.